The van der Waals surface area contributed by atoms with Gasteiger partial charge in [-0.2, -0.15) is 0 Å². The molecule has 9 nitrogen and oxygen atoms in total. The highest BCUT2D eigenvalue weighted by Gasteiger charge is 2.54. The highest BCUT2D eigenvalue weighted by Crippen LogP contribution is 2.46. The van der Waals surface area contributed by atoms with Crippen LogP contribution in [0.2, 0.25) is 0 Å². The SMILES string of the molecule is CC=C(C)C(=O)OC(C)(C)C1(Cc2cc(N)ncc2CC(=O)N2CCC2)Cc2cc3ccc(=O)oc3cc2O1. The zero-order chi connectivity index (χ0) is 27.9. The minimum absolute atomic E-state index is 0.0365. The number of hydrogen-bond donors (Lipinski definition) is 1. The number of nitrogens with two attached hydrogens (primary N) is 1. The molecule has 1 unspecified atom stereocenters. The van der Waals surface area contributed by atoms with Crippen molar-refractivity contribution >= 4 is 28.7 Å². The Kier molecular flexibility index (Phi) is 6.70. The van der Waals surface area contributed by atoms with Gasteiger partial charge in [-0.05, 0) is 69.0 Å². The van der Waals surface area contributed by atoms with E-state index in [0.717, 1.165) is 41.6 Å². The number of carbonyl (C=O) groups is 2. The second-order valence-electron chi connectivity index (χ2n) is 10.9. The van der Waals surface area contributed by atoms with Gasteiger partial charge in [0.05, 0.1) is 6.42 Å². The van der Waals surface area contributed by atoms with Crippen molar-refractivity contribution in [1.29, 1.82) is 0 Å². The van der Waals surface area contributed by atoms with E-state index in [1.165, 1.54) is 6.07 Å². The van der Waals surface area contributed by atoms with Crippen molar-refractivity contribution in [3.63, 3.8) is 0 Å². The molecular formula is C30H33N3O6. The zero-order valence-corrected chi connectivity index (χ0v) is 22.7. The van der Waals surface area contributed by atoms with Crippen LogP contribution in [0.15, 0.2) is 57.4 Å². The van der Waals surface area contributed by atoms with E-state index in [1.54, 1.807) is 44.3 Å². The molecule has 3 aromatic rings. The van der Waals surface area contributed by atoms with Gasteiger partial charge in [-0.1, -0.05) is 6.08 Å². The number of benzene rings is 1. The average Bonchev–Trinajstić information content (AvgIpc) is 3.21. The van der Waals surface area contributed by atoms with Crippen molar-refractivity contribution in [3.8, 4) is 5.75 Å². The molecule has 1 fully saturated rings. The standard InChI is InChI=1S/C30H33N3O6/c1-5-18(2)28(36)39-29(3,4)30(16-21-11-19-7-8-27(35)37-23(19)14-24(21)38-30)15-20-12-25(31)32-17-22(20)13-26(34)33-9-6-10-33/h5,7-8,11-12,14,17H,6,9-10,13,15-16H2,1-4H3,(H2,31,32). The lowest BCUT2D eigenvalue weighted by Crippen LogP contribution is -2.58. The van der Waals surface area contributed by atoms with Gasteiger partial charge in [0.15, 0.2) is 5.60 Å². The number of anilines is 1. The molecule has 1 amide bonds. The summed E-state index contributed by atoms with van der Waals surface area (Å²) >= 11 is 0. The fraction of sp³-hybridized carbons (Fsp3) is 0.400. The quantitative estimate of drug-likeness (QED) is 0.278. The summed E-state index contributed by atoms with van der Waals surface area (Å²) in [7, 11) is 0. The maximum absolute atomic E-state index is 12.9. The molecule has 204 valence electrons. The molecule has 9 heteroatoms. The Bertz CT molecular complexity index is 1550. The second kappa shape index (κ2) is 9.87. The number of aromatic nitrogens is 1. The van der Waals surface area contributed by atoms with E-state index in [-0.39, 0.29) is 12.3 Å². The molecular weight excluding hydrogens is 498 g/mol. The molecule has 0 radical (unpaired) electrons. The lowest BCUT2D eigenvalue weighted by atomic mass is 9.76. The number of pyridine rings is 1. The first-order valence-corrected chi connectivity index (χ1v) is 13.1. The third-order valence-electron chi connectivity index (χ3n) is 7.91. The third-order valence-corrected chi connectivity index (χ3v) is 7.91. The Morgan fingerprint density at radius 1 is 1.21 bits per heavy atom. The van der Waals surface area contributed by atoms with E-state index in [4.69, 9.17) is 19.6 Å². The van der Waals surface area contributed by atoms with E-state index in [9.17, 15) is 14.4 Å². The Balaban J connectivity index is 1.57. The number of hydrogen-bond acceptors (Lipinski definition) is 8. The maximum Gasteiger partial charge on any atom is 0.336 e. The first-order valence-electron chi connectivity index (χ1n) is 13.1. The van der Waals surface area contributed by atoms with Crippen LogP contribution in [0.5, 0.6) is 5.75 Å². The molecule has 1 atom stereocenters. The number of nitrogens with zero attached hydrogens (tertiary/aromatic N) is 2. The first-order chi connectivity index (χ1) is 18.5. The summed E-state index contributed by atoms with van der Waals surface area (Å²) in [5, 5.41) is 0.765. The van der Waals surface area contributed by atoms with E-state index >= 15 is 0 Å². The lowest BCUT2D eigenvalue weighted by Gasteiger charge is -2.43. The average molecular weight is 532 g/mol. The van der Waals surface area contributed by atoms with Gasteiger partial charge >= 0.3 is 11.6 Å². The van der Waals surface area contributed by atoms with Crippen LogP contribution in [0.4, 0.5) is 5.82 Å². The molecule has 2 aliphatic heterocycles. The number of carbonyl (C=O) groups excluding carboxylic acids is 2. The zero-order valence-electron chi connectivity index (χ0n) is 22.7. The predicted octanol–water partition coefficient (Wildman–Crippen LogP) is 3.75. The predicted molar refractivity (Wildman–Crippen MR) is 146 cm³/mol. The summed E-state index contributed by atoms with van der Waals surface area (Å²) in [6.07, 6.45) is 5.25. The number of likely N-dealkylation sites (tertiary alicyclic amines) is 1. The first kappa shape index (κ1) is 26.5. The van der Waals surface area contributed by atoms with Crippen LogP contribution in [0, 0.1) is 0 Å². The molecule has 0 saturated carbocycles. The van der Waals surface area contributed by atoms with Crippen molar-refractivity contribution < 1.29 is 23.5 Å². The highest BCUT2D eigenvalue weighted by atomic mass is 16.6. The second-order valence-corrected chi connectivity index (χ2v) is 10.9. The molecule has 1 aromatic carbocycles. The Morgan fingerprint density at radius 3 is 2.67 bits per heavy atom. The van der Waals surface area contributed by atoms with Gasteiger partial charge in [-0.25, -0.2) is 14.6 Å². The topological polar surface area (TPSA) is 125 Å². The van der Waals surface area contributed by atoms with Gasteiger partial charge in [0.1, 0.15) is 22.8 Å². The lowest BCUT2D eigenvalue weighted by molar-refractivity contribution is -0.174. The van der Waals surface area contributed by atoms with Crippen LogP contribution in [0.1, 0.15) is 50.8 Å². The highest BCUT2D eigenvalue weighted by molar-refractivity contribution is 5.88. The number of rotatable bonds is 7. The molecule has 5 rings (SSSR count). The fourth-order valence-corrected chi connectivity index (χ4v) is 5.12. The molecule has 4 heterocycles. The van der Waals surface area contributed by atoms with Crippen LogP contribution >= 0.6 is 0 Å². The van der Waals surface area contributed by atoms with E-state index in [1.807, 2.05) is 24.8 Å². The van der Waals surface area contributed by atoms with Crippen molar-refractivity contribution in [2.24, 2.45) is 0 Å². The molecule has 2 aromatic heterocycles. The van der Waals surface area contributed by atoms with Crippen LogP contribution in [-0.2, 0) is 33.6 Å². The molecule has 0 aliphatic carbocycles. The summed E-state index contributed by atoms with van der Waals surface area (Å²) in [5.74, 6) is 0.460. The minimum atomic E-state index is -1.11. The fourth-order valence-electron chi connectivity index (χ4n) is 5.12. The van der Waals surface area contributed by atoms with Gasteiger partial charge in [0, 0.05) is 55.2 Å². The Hall–Kier alpha value is -4.14. The molecule has 2 aliphatic rings. The summed E-state index contributed by atoms with van der Waals surface area (Å²) in [4.78, 5) is 43.7. The van der Waals surface area contributed by atoms with Gasteiger partial charge in [-0.3, -0.25) is 4.79 Å². The number of nitrogen functional groups attached to an aromatic ring is 1. The summed E-state index contributed by atoms with van der Waals surface area (Å²) in [5.41, 5.74) is 6.81. The number of ether oxygens (including phenoxy) is 2. The molecule has 2 N–H and O–H groups in total. The summed E-state index contributed by atoms with van der Waals surface area (Å²) < 4.78 is 18.2. The monoisotopic (exact) mass is 531 g/mol. The van der Waals surface area contributed by atoms with Crippen molar-refractivity contribution in [2.75, 3.05) is 18.8 Å². The smallest absolute Gasteiger partial charge is 0.336 e. The van der Waals surface area contributed by atoms with Gasteiger partial charge in [0.2, 0.25) is 5.91 Å². The largest absolute Gasteiger partial charge is 0.482 e. The number of amides is 1. The normalized spacial score (nSPS) is 18.9. The minimum Gasteiger partial charge on any atom is -0.482 e. The molecule has 1 saturated heterocycles. The summed E-state index contributed by atoms with van der Waals surface area (Å²) in [6.45, 7) is 8.66. The van der Waals surface area contributed by atoms with E-state index in [2.05, 4.69) is 4.98 Å². The Morgan fingerprint density at radius 2 is 1.97 bits per heavy atom. The van der Waals surface area contributed by atoms with Crippen molar-refractivity contribution in [1.82, 2.24) is 9.88 Å². The third kappa shape index (κ3) is 5.01. The van der Waals surface area contributed by atoms with Crippen LogP contribution < -0.4 is 16.1 Å². The molecule has 0 bridgehead atoms. The van der Waals surface area contributed by atoms with Crippen molar-refractivity contribution in [2.45, 2.75) is 64.6 Å². The van der Waals surface area contributed by atoms with Gasteiger partial charge < -0.3 is 24.5 Å². The van der Waals surface area contributed by atoms with Crippen LogP contribution in [0.3, 0.4) is 0 Å². The van der Waals surface area contributed by atoms with Gasteiger partial charge in [0.25, 0.3) is 0 Å². The van der Waals surface area contributed by atoms with E-state index < -0.39 is 22.8 Å². The van der Waals surface area contributed by atoms with Gasteiger partial charge in [-0.15, -0.1) is 0 Å². The molecule has 39 heavy (non-hydrogen) atoms. The maximum atomic E-state index is 12.9. The van der Waals surface area contributed by atoms with Crippen LogP contribution in [0.25, 0.3) is 11.0 Å². The molecule has 0 spiro atoms. The van der Waals surface area contributed by atoms with Crippen molar-refractivity contribution in [3.05, 3.63) is 75.3 Å². The Labute approximate surface area is 226 Å². The van der Waals surface area contributed by atoms with E-state index in [0.29, 0.717) is 35.6 Å². The number of esters is 1. The van der Waals surface area contributed by atoms with Crippen LogP contribution in [-0.4, -0.2) is 46.1 Å². The number of allylic oxidation sites excluding steroid dienone is 1. The summed E-state index contributed by atoms with van der Waals surface area (Å²) in [6, 6.07) is 8.49. The number of fused-ring (bicyclic) bond motifs is 2.